The molecule has 0 fully saturated rings. The van der Waals surface area contributed by atoms with Crippen LogP contribution in [-0.4, -0.2) is 21.9 Å². The van der Waals surface area contributed by atoms with Crippen molar-refractivity contribution in [3.8, 4) is 0 Å². The molecule has 14 heavy (non-hydrogen) atoms. The topological polar surface area (TPSA) is 55.5 Å². The highest BCUT2D eigenvalue weighted by molar-refractivity contribution is 8.14. The van der Waals surface area contributed by atoms with Crippen molar-refractivity contribution in [3.05, 3.63) is 46.0 Å². The van der Waals surface area contributed by atoms with Gasteiger partial charge < -0.3 is 0 Å². The highest BCUT2D eigenvalue weighted by Crippen LogP contribution is 2.23. The number of thioether (sulfide) groups is 1. The van der Waals surface area contributed by atoms with Crippen molar-refractivity contribution in [2.75, 3.05) is 5.75 Å². The van der Waals surface area contributed by atoms with E-state index in [0.29, 0.717) is 5.75 Å². The van der Waals surface area contributed by atoms with E-state index in [-0.39, 0.29) is 4.92 Å². The maximum atomic E-state index is 10.5. The van der Waals surface area contributed by atoms with Crippen molar-refractivity contribution in [2.24, 2.45) is 4.99 Å². The lowest BCUT2D eigenvalue weighted by atomic mass is 10.2. The number of hydrogen-bond donors (Lipinski definition) is 0. The van der Waals surface area contributed by atoms with Crippen LogP contribution in [-0.2, 0) is 0 Å². The van der Waals surface area contributed by atoms with Crippen molar-refractivity contribution in [1.29, 1.82) is 0 Å². The largest absolute Gasteiger partial charge is 0.314 e. The van der Waals surface area contributed by atoms with Gasteiger partial charge in [-0.15, -0.1) is 0 Å². The lowest BCUT2D eigenvalue weighted by Gasteiger charge is -1.95. The molecule has 4 nitrogen and oxygen atoms in total. The van der Waals surface area contributed by atoms with Crippen LogP contribution in [0.3, 0.4) is 0 Å². The monoisotopic (exact) mass is 208 g/mol. The average molecular weight is 208 g/mol. The van der Waals surface area contributed by atoms with Crippen LogP contribution in [0.1, 0.15) is 5.56 Å². The molecule has 1 unspecified atom stereocenters. The SMILES string of the molecule is O=[N+]([O-])C1CSC(c2ccccc2)=N1. The summed E-state index contributed by atoms with van der Waals surface area (Å²) in [7, 11) is 0. The first-order valence-electron chi connectivity index (χ1n) is 4.17. The second-order valence-corrected chi connectivity index (χ2v) is 3.89. The fraction of sp³-hybridized carbons (Fsp3) is 0.222. The second-order valence-electron chi connectivity index (χ2n) is 2.88. The third-order valence-corrected chi connectivity index (χ3v) is 2.98. The Balaban J connectivity index is 2.22. The first-order chi connectivity index (χ1) is 6.77. The molecule has 0 bridgehead atoms. The number of hydrogen-bond acceptors (Lipinski definition) is 4. The summed E-state index contributed by atoms with van der Waals surface area (Å²) in [5.41, 5.74) is 0.960. The molecule has 0 aromatic heterocycles. The number of nitro groups is 1. The van der Waals surface area contributed by atoms with Gasteiger partial charge in [-0.2, -0.15) is 0 Å². The van der Waals surface area contributed by atoms with Crippen LogP contribution < -0.4 is 0 Å². The zero-order valence-electron chi connectivity index (χ0n) is 7.29. The molecule has 0 amide bonds. The molecular weight excluding hydrogens is 200 g/mol. The van der Waals surface area contributed by atoms with Crippen molar-refractivity contribution in [3.63, 3.8) is 0 Å². The molecule has 1 aliphatic heterocycles. The minimum atomic E-state index is -0.768. The summed E-state index contributed by atoms with van der Waals surface area (Å²) in [6.45, 7) is 0. The van der Waals surface area contributed by atoms with Gasteiger partial charge in [-0.25, -0.2) is 4.99 Å². The van der Waals surface area contributed by atoms with Crippen molar-refractivity contribution in [1.82, 2.24) is 0 Å². The lowest BCUT2D eigenvalue weighted by Crippen LogP contribution is -2.15. The van der Waals surface area contributed by atoms with Gasteiger partial charge in [0.25, 0.3) is 0 Å². The Morgan fingerprint density at radius 1 is 1.43 bits per heavy atom. The summed E-state index contributed by atoms with van der Waals surface area (Å²) in [6.07, 6.45) is -0.768. The van der Waals surface area contributed by atoms with E-state index in [2.05, 4.69) is 4.99 Å². The standard InChI is InChI=1S/C9H8N2O2S/c12-11(13)8-6-14-9(10-8)7-4-2-1-3-5-7/h1-5,8H,6H2. The van der Waals surface area contributed by atoms with Gasteiger partial charge >= 0.3 is 6.17 Å². The molecule has 1 aromatic rings. The van der Waals surface area contributed by atoms with E-state index in [0.717, 1.165) is 10.6 Å². The molecule has 1 aromatic carbocycles. The first kappa shape index (κ1) is 9.21. The number of nitrogens with zero attached hydrogens (tertiary/aromatic N) is 2. The predicted octanol–water partition coefficient (Wildman–Crippen LogP) is 1.78. The van der Waals surface area contributed by atoms with Gasteiger partial charge in [0.1, 0.15) is 5.04 Å². The summed E-state index contributed by atoms with van der Waals surface area (Å²) in [6, 6.07) is 9.53. The molecule has 1 atom stereocenters. The summed E-state index contributed by atoms with van der Waals surface area (Å²) >= 11 is 1.44. The van der Waals surface area contributed by atoms with E-state index in [1.54, 1.807) is 0 Å². The van der Waals surface area contributed by atoms with Gasteiger partial charge in [-0.3, -0.25) is 10.1 Å². The first-order valence-corrected chi connectivity index (χ1v) is 5.15. The Kier molecular flexibility index (Phi) is 2.49. The maximum absolute atomic E-state index is 10.5. The molecule has 5 heteroatoms. The van der Waals surface area contributed by atoms with Crippen molar-refractivity contribution < 1.29 is 4.92 Å². The van der Waals surface area contributed by atoms with E-state index in [4.69, 9.17) is 0 Å². The molecule has 0 radical (unpaired) electrons. The fourth-order valence-corrected chi connectivity index (χ4v) is 2.21. The molecule has 1 heterocycles. The molecule has 0 aliphatic carbocycles. The van der Waals surface area contributed by atoms with Crippen LogP contribution >= 0.6 is 11.8 Å². The highest BCUT2D eigenvalue weighted by atomic mass is 32.2. The van der Waals surface area contributed by atoms with Gasteiger partial charge in [0.05, 0.1) is 5.75 Å². The molecule has 0 saturated heterocycles. The fourth-order valence-electron chi connectivity index (χ4n) is 1.21. The molecule has 0 saturated carbocycles. The van der Waals surface area contributed by atoms with E-state index in [1.807, 2.05) is 30.3 Å². The van der Waals surface area contributed by atoms with Gasteiger partial charge in [-0.1, -0.05) is 42.1 Å². The third-order valence-electron chi connectivity index (χ3n) is 1.90. The molecule has 0 N–H and O–H groups in total. The smallest absolute Gasteiger partial charge is 0.262 e. The van der Waals surface area contributed by atoms with Crippen LogP contribution in [0.25, 0.3) is 0 Å². The second kappa shape index (κ2) is 3.79. The molecule has 1 aliphatic rings. The molecular formula is C9H8N2O2S. The quantitative estimate of drug-likeness (QED) is 0.550. The van der Waals surface area contributed by atoms with Crippen LogP contribution in [0.2, 0.25) is 0 Å². The number of aliphatic imine (C=N–C) groups is 1. The number of rotatable bonds is 2. The Bertz CT molecular complexity index is 378. The molecule has 72 valence electrons. The molecule has 0 spiro atoms. The predicted molar refractivity (Wildman–Crippen MR) is 56.2 cm³/mol. The minimum Gasteiger partial charge on any atom is -0.262 e. The van der Waals surface area contributed by atoms with Crippen LogP contribution in [0.4, 0.5) is 0 Å². The zero-order chi connectivity index (χ0) is 9.97. The van der Waals surface area contributed by atoms with Gasteiger partial charge in [0.2, 0.25) is 0 Å². The Morgan fingerprint density at radius 3 is 2.71 bits per heavy atom. The van der Waals surface area contributed by atoms with E-state index in [9.17, 15) is 10.1 Å². The normalized spacial score (nSPS) is 20.6. The summed E-state index contributed by atoms with van der Waals surface area (Å²) in [4.78, 5) is 14.2. The molecule has 2 rings (SSSR count). The summed E-state index contributed by atoms with van der Waals surface area (Å²) in [5, 5.41) is 11.2. The Hall–Kier alpha value is -1.36. The van der Waals surface area contributed by atoms with E-state index in [1.165, 1.54) is 11.8 Å². The summed E-state index contributed by atoms with van der Waals surface area (Å²) in [5.74, 6) is 0.442. The Labute approximate surface area is 85.2 Å². The number of benzene rings is 1. The maximum Gasteiger partial charge on any atom is 0.314 e. The zero-order valence-corrected chi connectivity index (χ0v) is 8.11. The van der Waals surface area contributed by atoms with Gasteiger partial charge in [-0.05, 0) is 0 Å². The van der Waals surface area contributed by atoms with E-state index < -0.39 is 6.17 Å². The summed E-state index contributed by atoms with van der Waals surface area (Å²) < 4.78 is 0. The van der Waals surface area contributed by atoms with Gasteiger partial charge in [0.15, 0.2) is 0 Å². The van der Waals surface area contributed by atoms with Crippen LogP contribution in [0.15, 0.2) is 35.3 Å². The third kappa shape index (κ3) is 1.77. The van der Waals surface area contributed by atoms with Crippen molar-refractivity contribution >= 4 is 16.8 Å². The van der Waals surface area contributed by atoms with Crippen LogP contribution in [0.5, 0.6) is 0 Å². The van der Waals surface area contributed by atoms with Crippen LogP contribution in [0, 0.1) is 10.1 Å². The minimum absolute atomic E-state index is 0.344. The average Bonchev–Trinajstić information content (AvgIpc) is 2.68. The van der Waals surface area contributed by atoms with E-state index >= 15 is 0 Å². The Morgan fingerprint density at radius 2 is 2.14 bits per heavy atom. The lowest BCUT2D eigenvalue weighted by molar-refractivity contribution is -0.513. The van der Waals surface area contributed by atoms with Crippen molar-refractivity contribution in [2.45, 2.75) is 6.17 Å². The van der Waals surface area contributed by atoms with Gasteiger partial charge in [0, 0.05) is 10.5 Å². The highest BCUT2D eigenvalue weighted by Gasteiger charge is 2.27.